The molecule has 1 unspecified atom stereocenters. The maximum atomic E-state index is 13.0. The van der Waals surface area contributed by atoms with Crippen LogP contribution in [0.1, 0.15) is 19.8 Å². The Morgan fingerprint density at radius 1 is 1.14 bits per heavy atom. The number of hydrogen-bond acceptors (Lipinski definition) is 2. The van der Waals surface area contributed by atoms with E-state index in [0.717, 1.165) is 0 Å². The van der Waals surface area contributed by atoms with Crippen molar-refractivity contribution in [2.75, 3.05) is 0 Å². The first-order valence-corrected chi connectivity index (χ1v) is 13.6. The molecule has 22 heavy (non-hydrogen) atoms. The molecule has 0 saturated carbocycles. The molecular formula is C15H19F3GeO2S. The quantitative estimate of drug-likeness (QED) is 0.671. The van der Waals surface area contributed by atoms with E-state index in [2.05, 4.69) is 0 Å². The molecule has 0 amide bonds. The van der Waals surface area contributed by atoms with Gasteiger partial charge in [0.25, 0.3) is 0 Å². The average molecular weight is 393 g/mol. The van der Waals surface area contributed by atoms with E-state index in [1.54, 1.807) is 25.1 Å². The monoisotopic (exact) mass is 394 g/mol. The minimum atomic E-state index is -3.60. The molecule has 0 fully saturated rings. The van der Waals surface area contributed by atoms with Crippen LogP contribution in [0.5, 0.6) is 0 Å². The summed E-state index contributed by atoms with van der Waals surface area (Å²) in [6, 6.07) is 8.04. The van der Waals surface area contributed by atoms with Gasteiger partial charge in [-0.25, -0.2) is 0 Å². The van der Waals surface area contributed by atoms with Crippen LogP contribution in [0.15, 0.2) is 47.1 Å². The molecule has 0 saturated heterocycles. The second kappa shape index (κ2) is 8.10. The van der Waals surface area contributed by atoms with Gasteiger partial charge in [0.2, 0.25) is 0 Å². The van der Waals surface area contributed by atoms with Crippen molar-refractivity contribution in [3.8, 4) is 0 Å². The molecule has 0 radical (unpaired) electrons. The molecule has 7 heteroatoms. The van der Waals surface area contributed by atoms with Crippen LogP contribution in [0.25, 0.3) is 0 Å². The van der Waals surface area contributed by atoms with E-state index in [9.17, 15) is 21.6 Å². The molecule has 0 aliphatic rings. The molecule has 2 nitrogen and oxygen atoms in total. The molecule has 0 spiro atoms. The number of allylic oxidation sites excluding steroid dienone is 1. The Morgan fingerprint density at radius 3 is 2.14 bits per heavy atom. The molecule has 1 aromatic rings. The molecule has 0 heterocycles. The maximum absolute atomic E-state index is 13.0. The predicted octanol–water partition coefficient (Wildman–Crippen LogP) is 4.42. The standard InChI is InChI=1S/C15H19F3GeO2S/c1-11(9-10-13(16)14(17)18)15(19(2)3)22(20,21)12-7-5-4-6-8-12/h4-8,11H,9-10H2,1-3H3. The van der Waals surface area contributed by atoms with E-state index in [0.29, 0.717) is 3.68 Å². The number of sulfone groups is 1. The van der Waals surface area contributed by atoms with E-state index >= 15 is 0 Å². The van der Waals surface area contributed by atoms with Crippen LogP contribution in [-0.2, 0) is 9.84 Å². The molecule has 122 valence electrons. The van der Waals surface area contributed by atoms with Crippen molar-refractivity contribution in [1.29, 1.82) is 0 Å². The van der Waals surface area contributed by atoms with Crippen molar-refractivity contribution in [1.82, 2.24) is 0 Å². The van der Waals surface area contributed by atoms with Gasteiger partial charge in [0.05, 0.1) is 0 Å². The number of hydrogen-bond donors (Lipinski definition) is 0. The fourth-order valence-corrected chi connectivity index (χ4v) is 10.8. The molecule has 0 aliphatic heterocycles. The van der Waals surface area contributed by atoms with Crippen molar-refractivity contribution in [3.05, 3.63) is 42.2 Å². The van der Waals surface area contributed by atoms with Gasteiger partial charge in [-0.05, 0) is 0 Å². The second-order valence-corrected chi connectivity index (χ2v) is 13.3. The Balaban J connectivity index is 3.11. The van der Waals surface area contributed by atoms with Crippen LogP contribution in [0, 0.1) is 5.92 Å². The first-order valence-electron chi connectivity index (χ1n) is 6.85. The summed E-state index contributed by atoms with van der Waals surface area (Å²) in [5, 5.41) is 0. The third kappa shape index (κ3) is 4.81. The predicted molar refractivity (Wildman–Crippen MR) is 84.9 cm³/mol. The van der Waals surface area contributed by atoms with Crippen LogP contribution >= 0.6 is 0 Å². The van der Waals surface area contributed by atoms with E-state index in [4.69, 9.17) is 0 Å². The fraction of sp³-hybridized carbons (Fsp3) is 0.400. The fourth-order valence-electron chi connectivity index (χ4n) is 2.32. The second-order valence-electron chi connectivity index (χ2n) is 5.29. The van der Waals surface area contributed by atoms with E-state index in [-0.39, 0.29) is 11.3 Å². The first-order chi connectivity index (χ1) is 10.2. The van der Waals surface area contributed by atoms with Gasteiger partial charge in [0.1, 0.15) is 0 Å². The number of benzene rings is 1. The topological polar surface area (TPSA) is 34.1 Å². The number of rotatable bonds is 6. The summed E-state index contributed by atoms with van der Waals surface area (Å²) in [5.74, 6) is 1.89. The first kappa shape index (κ1) is 19.2. The average Bonchev–Trinajstić information content (AvgIpc) is 2.44. The summed E-state index contributed by atoms with van der Waals surface area (Å²) in [4.78, 5) is 0.207. The molecular weight excluding hydrogens is 374 g/mol. The van der Waals surface area contributed by atoms with Gasteiger partial charge >= 0.3 is 133 Å². The third-order valence-electron chi connectivity index (χ3n) is 3.29. The summed E-state index contributed by atoms with van der Waals surface area (Å²) in [5.41, 5.74) is 0. The van der Waals surface area contributed by atoms with Crippen LogP contribution in [0.4, 0.5) is 13.2 Å². The van der Waals surface area contributed by atoms with Gasteiger partial charge in [-0.1, -0.05) is 0 Å². The molecule has 1 rings (SSSR count). The Morgan fingerprint density at radius 2 is 1.68 bits per heavy atom. The normalized spacial score (nSPS) is 12.6. The molecule has 0 N–H and O–H groups in total. The van der Waals surface area contributed by atoms with Gasteiger partial charge in [0, 0.05) is 0 Å². The van der Waals surface area contributed by atoms with Gasteiger partial charge < -0.3 is 0 Å². The van der Waals surface area contributed by atoms with Crippen LogP contribution in [-0.4, -0.2) is 26.0 Å². The zero-order valence-corrected chi connectivity index (χ0v) is 15.7. The zero-order valence-electron chi connectivity index (χ0n) is 12.7. The van der Waals surface area contributed by atoms with Gasteiger partial charge in [-0.3, -0.25) is 0 Å². The van der Waals surface area contributed by atoms with Crippen LogP contribution in [0.3, 0.4) is 0 Å². The Bertz CT molecular complexity index is 674. The van der Waals surface area contributed by atoms with Crippen molar-refractivity contribution in [2.24, 2.45) is 5.92 Å². The van der Waals surface area contributed by atoms with Gasteiger partial charge in [0.15, 0.2) is 0 Å². The minimum absolute atomic E-state index is 0.0583. The molecule has 1 atom stereocenters. The van der Waals surface area contributed by atoms with Crippen LogP contribution in [0.2, 0.25) is 11.5 Å². The molecule has 1 aromatic carbocycles. The van der Waals surface area contributed by atoms with Crippen LogP contribution < -0.4 is 0 Å². The molecule has 0 aliphatic carbocycles. The van der Waals surface area contributed by atoms with Crippen molar-refractivity contribution in [3.63, 3.8) is 0 Å². The summed E-state index contributed by atoms with van der Waals surface area (Å²) in [6.07, 6.45) is -2.71. The molecule has 0 bridgehead atoms. The third-order valence-corrected chi connectivity index (χ3v) is 12.1. The Hall–Kier alpha value is -0.887. The summed E-state index contributed by atoms with van der Waals surface area (Å²) < 4.78 is 63.1. The summed E-state index contributed by atoms with van der Waals surface area (Å²) >= 11 is -2.01. The van der Waals surface area contributed by atoms with Crippen molar-refractivity contribution >= 4 is 27.4 Å². The van der Waals surface area contributed by atoms with Gasteiger partial charge in [-0.15, -0.1) is 0 Å². The zero-order chi connectivity index (χ0) is 16.9. The van der Waals surface area contributed by atoms with Gasteiger partial charge in [-0.2, -0.15) is 0 Å². The van der Waals surface area contributed by atoms with E-state index in [1.807, 2.05) is 11.5 Å². The number of halogens is 3. The summed E-state index contributed by atoms with van der Waals surface area (Å²) in [6.45, 7) is 1.67. The summed E-state index contributed by atoms with van der Waals surface area (Å²) in [7, 11) is -3.60. The Labute approximate surface area is 133 Å². The van der Waals surface area contributed by atoms with E-state index in [1.165, 1.54) is 12.1 Å². The van der Waals surface area contributed by atoms with Crippen molar-refractivity contribution in [2.45, 2.75) is 36.2 Å². The van der Waals surface area contributed by atoms with E-state index < -0.39 is 48.0 Å². The Kier molecular flexibility index (Phi) is 7.06. The SMILES string of the molecule is CC(CCC(F)=C(F)F)[C](=[Ge]([CH3])[CH3])S(=O)(=O)c1ccccc1. The van der Waals surface area contributed by atoms with Crippen molar-refractivity contribution < 1.29 is 21.6 Å². The molecule has 0 aromatic heterocycles.